The zero-order valence-corrected chi connectivity index (χ0v) is 13.3. The number of aryl methyl sites for hydroxylation is 1. The van der Waals surface area contributed by atoms with Crippen LogP contribution in [-0.2, 0) is 6.54 Å². The molecular weight excluding hydrogens is 250 g/mol. The maximum Gasteiger partial charge on any atom is 0.191 e. The molecule has 0 amide bonds. The number of rotatable bonds is 8. The quantitative estimate of drug-likeness (QED) is 0.436. The lowest BCUT2D eigenvalue weighted by Gasteiger charge is -2.11. The number of hydrogen-bond donors (Lipinski definition) is 2. The Morgan fingerprint density at radius 3 is 2.80 bits per heavy atom. The molecule has 0 radical (unpaired) electrons. The molecule has 1 aromatic heterocycles. The van der Waals surface area contributed by atoms with Gasteiger partial charge < -0.3 is 10.6 Å². The SMILES string of the molecule is CCNC(=NCCCC(C)C)NCCn1cc(C)cn1. The summed E-state index contributed by atoms with van der Waals surface area (Å²) in [4.78, 5) is 4.59. The Balaban J connectivity index is 2.28. The lowest BCUT2D eigenvalue weighted by atomic mass is 10.1. The molecule has 0 saturated heterocycles. The van der Waals surface area contributed by atoms with Gasteiger partial charge in [-0.1, -0.05) is 13.8 Å². The van der Waals surface area contributed by atoms with Crippen LogP contribution < -0.4 is 10.6 Å². The zero-order valence-electron chi connectivity index (χ0n) is 13.3. The van der Waals surface area contributed by atoms with E-state index in [0.717, 1.165) is 44.5 Å². The van der Waals surface area contributed by atoms with Crippen molar-refractivity contribution in [1.82, 2.24) is 20.4 Å². The number of guanidine groups is 1. The minimum Gasteiger partial charge on any atom is -0.357 e. The fraction of sp³-hybridized carbons (Fsp3) is 0.733. The van der Waals surface area contributed by atoms with Crippen molar-refractivity contribution in [3.63, 3.8) is 0 Å². The first-order chi connectivity index (χ1) is 9.61. The van der Waals surface area contributed by atoms with Gasteiger partial charge in [-0.3, -0.25) is 9.67 Å². The molecular formula is C15H29N5. The van der Waals surface area contributed by atoms with Crippen LogP contribution in [0.1, 0.15) is 39.2 Å². The number of hydrogen-bond acceptors (Lipinski definition) is 2. The molecule has 20 heavy (non-hydrogen) atoms. The Bertz CT molecular complexity index is 395. The van der Waals surface area contributed by atoms with Crippen LogP contribution in [0.3, 0.4) is 0 Å². The average Bonchev–Trinajstić information content (AvgIpc) is 2.80. The molecule has 0 bridgehead atoms. The Hall–Kier alpha value is -1.52. The molecule has 0 aliphatic heterocycles. The van der Waals surface area contributed by atoms with Gasteiger partial charge in [-0.15, -0.1) is 0 Å². The molecule has 0 fully saturated rings. The van der Waals surface area contributed by atoms with Gasteiger partial charge in [-0.25, -0.2) is 0 Å². The lowest BCUT2D eigenvalue weighted by Crippen LogP contribution is -2.39. The highest BCUT2D eigenvalue weighted by Crippen LogP contribution is 2.02. The van der Waals surface area contributed by atoms with Crippen molar-refractivity contribution in [2.45, 2.75) is 47.1 Å². The first-order valence-electron chi connectivity index (χ1n) is 7.63. The molecule has 5 heteroatoms. The van der Waals surface area contributed by atoms with Crippen molar-refractivity contribution in [3.05, 3.63) is 18.0 Å². The van der Waals surface area contributed by atoms with E-state index < -0.39 is 0 Å². The van der Waals surface area contributed by atoms with Gasteiger partial charge in [0.05, 0.1) is 12.7 Å². The van der Waals surface area contributed by atoms with Crippen LogP contribution in [0, 0.1) is 12.8 Å². The van der Waals surface area contributed by atoms with E-state index in [1.807, 2.05) is 17.1 Å². The van der Waals surface area contributed by atoms with E-state index in [1.165, 1.54) is 12.0 Å². The average molecular weight is 279 g/mol. The van der Waals surface area contributed by atoms with E-state index in [9.17, 15) is 0 Å². The van der Waals surface area contributed by atoms with Crippen molar-refractivity contribution in [2.75, 3.05) is 19.6 Å². The molecule has 1 rings (SSSR count). The molecule has 5 nitrogen and oxygen atoms in total. The summed E-state index contributed by atoms with van der Waals surface area (Å²) in [7, 11) is 0. The Labute approximate surface area is 122 Å². The van der Waals surface area contributed by atoms with Crippen LogP contribution in [0.4, 0.5) is 0 Å². The van der Waals surface area contributed by atoms with Crippen molar-refractivity contribution in [1.29, 1.82) is 0 Å². The molecule has 0 aliphatic carbocycles. The normalized spacial score (nSPS) is 11.9. The van der Waals surface area contributed by atoms with Crippen molar-refractivity contribution in [2.24, 2.45) is 10.9 Å². The molecule has 1 heterocycles. The highest BCUT2D eigenvalue weighted by Gasteiger charge is 1.98. The second-order valence-electron chi connectivity index (χ2n) is 5.50. The maximum absolute atomic E-state index is 4.59. The van der Waals surface area contributed by atoms with Gasteiger partial charge in [0.25, 0.3) is 0 Å². The van der Waals surface area contributed by atoms with Crippen LogP contribution in [-0.4, -0.2) is 35.4 Å². The number of nitrogens with one attached hydrogen (secondary N) is 2. The monoisotopic (exact) mass is 279 g/mol. The minimum atomic E-state index is 0.754. The highest BCUT2D eigenvalue weighted by molar-refractivity contribution is 5.79. The minimum absolute atomic E-state index is 0.754. The summed E-state index contributed by atoms with van der Waals surface area (Å²) >= 11 is 0. The van der Waals surface area contributed by atoms with Crippen LogP contribution in [0.25, 0.3) is 0 Å². The Morgan fingerprint density at radius 1 is 1.40 bits per heavy atom. The fourth-order valence-electron chi connectivity index (χ4n) is 1.91. The second-order valence-corrected chi connectivity index (χ2v) is 5.50. The molecule has 0 aliphatic rings. The molecule has 114 valence electrons. The Morgan fingerprint density at radius 2 is 2.20 bits per heavy atom. The Kier molecular flexibility index (Phi) is 7.77. The standard InChI is InChI=1S/C15H29N5/c1-5-16-15(17-8-6-7-13(2)3)18-9-10-20-12-14(4)11-19-20/h11-13H,5-10H2,1-4H3,(H2,16,17,18). The topological polar surface area (TPSA) is 54.2 Å². The number of aliphatic imine (C=N–C) groups is 1. The van der Waals surface area contributed by atoms with Crippen LogP contribution in [0.15, 0.2) is 17.4 Å². The zero-order chi connectivity index (χ0) is 14.8. The van der Waals surface area contributed by atoms with Gasteiger partial charge in [0.1, 0.15) is 0 Å². The van der Waals surface area contributed by atoms with E-state index in [1.54, 1.807) is 0 Å². The van der Waals surface area contributed by atoms with E-state index in [4.69, 9.17) is 0 Å². The van der Waals surface area contributed by atoms with Gasteiger partial charge in [0.2, 0.25) is 0 Å². The number of aromatic nitrogens is 2. The predicted molar refractivity (Wildman–Crippen MR) is 85.0 cm³/mol. The van der Waals surface area contributed by atoms with E-state index in [-0.39, 0.29) is 0 Å². The van der Waals surface area contributed by atoms with Crippen molar-refractivity contribution < 1.29 is 0 Å². The summed E-state index contributed by atoms with van der Waals surface area (Å²) in [6, 6.07) is 0. The van der Waals surface area contributed by atoms with E-state index in [2.05, 4.69) is 48.4 Å². The third kappa shape index (κ3) is 7.16. The smallest absolute Gasteiger partial charge is 0.191 e. The second kappa shape index (κ2) is 9.39. The van der Waals surface area contributed by atoms with E-state index >= 15 is 0 Å². The first-order valence-corrected chi connectivity index (χ1v) is 7.63. The lowest BCUT2D eigenvalue weighted by molar-refractivity contribution is 0.559. The van der Waals surface area contributed by atoms with Gasteiger partial charge in [0, 0.05) is 25.8 Å². The number of nitrogens with zero attached hydrogens (tertiary/aromatic N) is 3. The third-order valence-corrected chi connectivity index (χ3v) is 2.95. The maximum atomic E-state index is 4.59. The third-order valence-electron chi connectivity index (χ3n) is 2.95. The van der Waals surface area contributed by atoms with Crippen molar-refractivity contribution in [3.8, 4) is 0 Å². The summed E-state index contributed by atoms with van der Waals surface area (Å²) in [6.45, 7) is 12.1. The fourth-order valence-corrected chi connectivity index (χ4v) is 1.91. The largest absolute Gasteiger partial charge is 0.357 e. The van der Waals surface area contributed by atoms with Crippen LogP contribution >= 0.6 is 0 Å². The van der Waals surface area contributed by atoms with Gasteiger partial charge in [-0.05, 0) is 38.2 Å². The summed E-state index contributed by atoms with van der Waals surface area (Å²) < 4.78 is 1.95. The van der Waals surface area contributed by atoms with Gasteiger partial charge in [-0.2, -0.15) is 5.10 Å². The predicted octanol–water partition coefficient (Wildman–Crippen LogP) is 2.18. The molecule has 0 atom stereocenters. The molecule has 2 N–H and O–H groups in total. The molecule has 0 unspecified atom stereocenters. The molecule has 0 saturated carbocycles. The van der Waals surface area contributed by atoms with Gasteiger partial charge >= 0.3 is 0 Å². The van der Waals surface area contributed by atoms with E-state index in [0.29, 0.717) is 0 Å². The van der Waals surface area contributed by atoms with Crippen molar-refractivity contribution >= 4 is 5.96 Å². The molecule has 0 spiro atoms. The van der Waals surface area contributed by atoms with Crippen LogP contribution in [0.2, 0.25) is 0 Å². The first kappa shape index (κ1) is 16.5. The summed E-state index contributed by atoms with van der Waals surface area (Å²) in [5, 5.41) is 10.9. The summed E-state index contributed by atoms with van der Waals surface area (Å²) in [5.41, 5.74) is 1.19. The highest BCUT2D eigenvalue weighted by atomic mass is 15.3. The summed E-state index contributed by atoms with van der Waals surface area (Å²) in [5.74, 6) is 1.66. The molecule has 0 aromatic carbocycles. The molecule has 1 aromatic rings. The summed E-state index contributed by atoms with van der Waals surface area (Å²) in [6.07, 6.45) is 6.31. The van der Waals surface area contributed by atoms with Crippen LogP contribution in [0.5, 0.6) is 0 Å². The van der Waals surface area contributed by atoms with Gasteiger partial charge in [0.15, 0.2) is 5.96 Å².